The van der Waals surface area contributed by atoms with Crippen LogP contribution in [0.4, 0.5) is 5.69 Å². The molecule has 1 aliphatic rings. The fourth-order valence-electron chi connectivity index (χ4n) is 1.92. The summed E-state index contributed by atoms with van der Waals surface area (Å²) in [6.07, 6.45) is 1.34. The zero-order valence-electron chi connectivity index (χ0n) is 8.84. The number of nitrogens with zero attached hydrogens (tertiary/aromatic N) is 2. The minimum atomic E-state index is -0.240. The van der Waals surface area contributed by atoms with Gasteiger partial charge in [-0.25, -0.2) is 4.99 Å². The Morgan fingerprint density at radius 2 is 1.82 bits per heavy atom. The lowest BCUT2D eigenvalue weighted by Crippen LogP contribution is -2.20. The minimum absolute atomic E-state index is 0.0766. The smallest absolute Gasteiger partial charge is 0.280 e. The minimum Gasteiger partial charge on any atom is -0.280 e. The molecule has 0 bridgehead atoms. The van der Waals surface area contributed by atoms with Crippen molar-refractivity contribution < 1.29 is 9.58 Å². The van der Waals surface area contributed by atoms with Crippen LogP contribution in [-0.2, 0) is 0 Å². The standard InChI is InChI=1S/C13H8N3O/c14-16-12-7-15-11-6-9-4-2-1-3-8(9)5-10(11)13(12)17/h1-7,14H/q+1. The number of ketones is 1. The molecular formula is C13H8N3O+. The van der Waals surface area contributed by atoms with Gasteiger partial charge in [0.15, 0.2) is 0 Å². The number of hydrogen-bond donors (Lipinski definition) is 1. The third-order valence-electron chi connectivity index (χ3n) is 2.79. The number of nitrogens with one attached hydrogen (secondary N) is 1. The summed E-state index contributed by atoms with van der Waals surface area (Å²) in [6.45, 7) is 0. The summed E-state index contributed by atoms with van der Waals surface area (Å²) in [4.78, 5) is 19.3. The molecule has 80 valence electrons. The number of rotatable bonds is 0. The van der Waals surface area contributed by atoms with Crippen molar-refractivity contribution in [1.82, 2.24) is 0 Å². The van der Waals surface area contributed by atoms with E-state index in [0.717, 1.165) is 10.8 Å². The second-order valence-electron chi connectivity index (χ2n) is 3.80. The molecule has 0 saturated heterocycles. The fraction of sp³-hybridized carbons (Fsp3) is 0. The van der Waals surface area contributed by atoms with Gasteiger partial charge in [0.05, 0.1) is 21.6 Å². The number of carbonyl (C=O) groups excluding carboxylic acids is 1. The first kappa shape index (κ1) is 9.63. The molecule has 2 aromatic carbocycles. The maximum absolute atomic E-state index is 11.9. The first-order valence-corrected chi connectivity index (χ1v) is 5.15. The van der Waals surface area contributed by atoms with Crippen LogP contribution in [0.25, 0.3) is 10.8 Å². The highest BCUT2D eigenvalue weighted by molar-refractivity contribution is 6.64. The highest BCUT2D eigenvalue weighted by Gasteiger charge is 2.29. The lowest BCUT2D eigenvalue weighted by molar-refractivity contribution is -0.115. The van der Waals surface area contributed by atoms with Crippen LogP contribution in [0, 0.1) is 5.53 Å². The maximum atomic E-state index is 11.9. The molecule has 0 radical (unpaired) electrons. The maximum Gasteiger partial charge on any atom is 0.430 e. The normalized spacial score (nSPS) is 13.6. The first-order valence-electron chi connectivity index (χ1n) is 5.15. The van der Waals surface area contributed by atoms with Gasteiger partial charge in [0, 0.05) is 0 Å². The monoisotopic (exact) mass is 222 g/mol. The van der Waals surface area contributed by atoms with Gasteiger partial charge in [-0.05, 0) is 22.9 Å². The summed E-state index contributed by atoms with van der Waals surface area (Å²) in [6, 6.07) is 11.5. The summed E-state index contributed by atoms with van der Waals surface area (Å²) >= 11 is 0. The molecule has 0 aliphatic carbocycles. The van der Waals surface area contributed by atoms with Crippen molar-refractivity contribution in [2.75, 3.05) is 0 Å². The molecule has 1 heterocycles. The number of fused-ring (bicyclic) bond motifs is 2. The van der Waals surface area contributed by atoms with Crippen molar-refractivity contribution >= 4 is 34.2 Å². The Hall–Kier alpha value is -2.58. The van der Waals surface area contributed by atoms with Crippen LogP contribution in [0.5, 0.6) is 0 Å². The van der Waals surface area contributed by atoms with Gasteiger partial charge in [0.25, 0.3) is 5.78 Å². The molecule has 2 aromatic rings. The number of hydrogen-bond acceptors (Lipinski definition) is 3. The number of Topliss-reactive ketones (excluding diaryl/α,β-unsaturated/α-hetero) is 1. The molecular weight excluding hydrogens is 214 g/mol. The topological polar surface area (TPSA) is 67.4 Å². The van der Waals surface area contributed by atoms with Crippen LogP contribution in [-0.4, -0.2) is 22.5 Å². The van der Waals surface area contributed by atoms with Gasteiger partial charge >= 0.3 is 5.71 Å². The number of aliphatic imine (C=N–C) groups is 1. The molecule has 1 aliphatic heterocycles. The lowest BCUT2D eigenvalue weighted by atomic mass is 9.98. The van der Waals surface area contributed by atoms with Crippen LogP contribution in [0.3, 0.4) is 0 Å². The highest BCUT2D eigenvalue weighted by Crippen LogP contribution is 2.28. The predicted molar refractivity (Wildman–Crippen MR) is 64.4 cm³/mol. The SMILES string of the molecule is N=[N+]=C1C=Nc2cc3ccccc3cc2C1=O. The molecule has 0 saturated carbocycles. The molecule has 1 N–H and O–H groups in total. The number of carbonyl (C=O) groups is 1. The van der Waals surface area contributed by atoms with Crippen molar-refractivity contribution in [3.63, 3.8) is 0 Å². The van der Waals surface area contributed by atoms with Crippen LogP contribution in [0.1, 0.15) is 10.4 Å². The molecule has 0 aromatic heterocycles. The van der Waals surface area contributed by atoms with E-state index in [1.165, 1.54) is 6.21 Å². The van der Waals surface area contributed by atoms with Crippen molar-refractivity contribution in [2.24, 2.45) is 4.99 Å². The summed E-state index contributed by atoms with van der Waals surface area (Å²) in [5.74, 6) is -0.240. The van der Waals surface area contributed by atoms with E-state index in [1.807, 2.05) is 30.3 Å². The third-order valence-corrected chi connectivity index (χ3v) is 2.79. The average molecular weight is 222 g/mol. The summed E-state index contributed by atoms with van der Waals surface area (Å²) < 4.78 is 0. The summed E-state index contributed by atoms with van der Waals surface area (Å²) in [5.41, 5.74) is 8.14. The Balaban J connectivity index is 2.35. The lowest BCUT2D eigenvalue weighted by Gasteiger charge is -2.07. The fourth-order valence-corrected chi connectivity index (χ4v) is 1.92. The van der Waals surface area contributed by atoms with Crippen molar-refractivity contribution in [3.05, 3.63) is 42.0 Å². The largest absolute Gasteiger partial charge is 0.430 e. The van der Waals surface area contributed by atoms with Crippen LogP contribution < -0.4 is 0 Å². The van der Waals surface area contributed by atoms with E-state index in [4.69, 9.17) is 5.53 Å². The Labute approximate surface area is 96.8 Å². The van der Waals surface area contributed by atoms with Gasteiger partial charge in [-0.15, -0.1) is 0 Å². The van der Waals surface area contributed by atoms with Gasteiger partial charge in [-0.3, -0.25) is 4.79 Å². The van der Waals surface area contributed by atoms with Gasteiger partial charge in [0.2, 0.25) is 0 Å². The molecule has 17 heavy (non-hydrogen) atoms. The molecule has 4 heteroatoms. The van der Waals surface area contributed by atoms with E-state index in [-0.39, 0.29) is 11.5 Å². The van der Waals surface area contributed by atoms with Crippen molar-refractivity contribution in [2.45, 2.75) is 0 Å². The van der Waals surface area contributed by atoms with Crippen molar-refractivity contribution in [3.8, 4) is 0 Å². The van der Waals surface area contributed by atoms with Crippen LogP contribution in [0.2, 0.25) is 0 Å². The van der Waals surface area contributed by atoms with E-state index < -0.39 is 0 Å². The van der Waals surface area contributed by atoms with Gasteiger partial charge in [-0.2, -0.15) is 0 Å². The predicted octanol–water partition coefficient (Wildman–Crippen LogP) is 2.42. The van der Waals surface area contributed by atoms with E-state index in [0.29, 0.717) is 11.3 Å². The van der Waals surface area contributed by atoms with Crippen LogP contribution >= 0.6 is 0 Å². The van der Waals surface area contributed by atoms with Crippen molar-refractivity contribution in [1.29, 1.82) is 5.53 Å². The molecule has 3 rings (SSSR count). The molecule has 0 amide bonds. The molecule has 0 unspecified atom stereocenters. The number of benzene rings is 2. The first-order chi connectivity index (χ1) is 8.29. The summed E-state index contributed by atoms with van der Waals surface area (Å²) in [7, 11) is 0. The van der Waals surface area contributed by atoms with E-state index >= 15 is 0 Å². The zero-order valence-corrected chi connectivity index (χ0v) is 8.84. The van der Waals surface area contributed by atoms with E-state index in [2.05, 4.69) is 9.78 Å². The summed E-state index contributed by atoms with van der Waals surface area (Å²) in [5, 5.41) is 2.03. The zero-order chi connectivity index (χ0) is 11.8. The van der Waals surface area contributed by atoms with Gasteiger partial charge in [0.1, 0.15) is 6.21 Å². The Kier molecular flexibility index (Phi) is 1.97. The highest BCUT2D eigenvalue weighted by atomic mass is 16.1. The average Bonchev–Trinajstić information content (AvgIpc) is 2.37. The van der Waals surface area contributed by atoms with Gasteiger partial charge in [-0.1, -0.05) is 24.3 Å². The quantitative estimate of drug-likeness (QED) is 0.539. The van der Waals surface area contributed by atoms with Gasteiger partial charge < -0.3 is 0 Å². The van der Waals surface area contributed by atoms with Crippen LogP contribution in [0.15, 0.2) is 41.4 Å². The van der Waals surface area contributed by atoms with E-state index in [1.54, 1.807) is 6.07 Å². The molecule has 0 fully saturated rings. The Morgan fingerprint density at radius 1 is 1.12 bits per heavy atom. The third kappa shape index (κ3) is 1.40. The Bertz CT molecular complexity index is 725. The Morgan fingerprint density at radius 3 is 2.53 bits per heavy atom. The molecule has 0 spiro atoms. The molecule has 0 atom stereocenters. The second kappa shape index (κ2) is 3.47. The molecule has 4 nitrogen and oxygen atoms in total. The van der Waals surface area contributed by atoms with E-state index in [9.17, 15) is 4.79 Å². The second-order valence-corrected chi connectivity index (χ2v) is 3.80.